The number of nitrogen functional groups attached to an aromatic ring is 1. The Morgan fingerprint density at radius 2 is 2.14 bits per heavy atom. The third-order valence-corrected chi connectivity index (χ3v) is 3.14. The fourth-order valence-electron chi connectivity index (χ4n) is 0.941. The highest BCUT2D eigenvalue weighted by atomic mass is 79.9. The SMILES string of the molecule is CS(C)(=O)=NCc1cc(N)ccc1Br. The average molecular weight is 277 g/mol. The lowest BCUT2D eigenvalue weighted by molar-refractivity contribution is 0.682. The molecule has 0 saturated heterocycles. The van der Waals surface area contributed by atoms with Crippen LogP contribution in [0, 0.1) is 0 Å². The molecule has 0 atom stereocenters. The van der Waals surface area contributed by atoms with Crippen molar-refractivity contribution in [2.45, 2.75) is 6.54 Å². The van der Waals surface area contributed by atoms with Crippen molar-refractivity contribution in [3.63, 3.8) is 0 Å². The summed E-state index contributed by atoms with van der Waals surface area (Å²) in [5.41, 5.74) is 7.28. The first-order valence-corrected chi connectivity index (χ1v) is 7.18. The molecule has 0 aliphatic rings. The third-order valence-electron chi connectivity index (χ3n) is 1.62. The van der Waals surface area contributed by atoms with Gasteiger partial charge in [-0.3, -0.25) is 4.21 Å². The van der Waals surface area contributed by atoms with Crippen LogP contribution in [0.5, 0.6) is 0 Å². The maximum Gasteiger partial charge on any atom is 0.0746 e. The van der Waals surface area contributed by atoms with Gasteiger partial charge in [0.2, 0.25) is 0 Å². The van der Waals surface area contributed by atoms with Gasteiger partial charge in [0.15, 0.2) is 0 Å². The summed E-state index contributed by atoms with van der Waals surface area (Å²) in [7, 11) is -2.04. The van der Waals surface area contributed by atoms with Crippen LogP contribution < -0.4 is 5.73 Å². The van der Waals surface area contributed by atoms with E-state index in [0.29, 0.717) is 12.2 Å². The van der Waals surface area contributed by atoms with E-state index in [0.717, 1.165) is 10.0 Å². The maximum atomic E-state index is 11.3. The second-order valence-electron chi connectivity index (χ2n) is 3.32. The molecule has 5 heteroatoms. The number of halogens is 1. The molecule has 0 amide bonds. The molecule has 1 aromatic carbocycles. The number of anilines is 1. The van der Waals surface area contributed by atoms with Crippen LogP contribution in [0.25, 0.3) is 0 Å². The number of benzene rings is 1. The largest absolute Gasteiger partial charge is 0.399 e. The van der Waals surface area contributed by atoms with Crippen LogP contribution in [0.1, 0.15) is 5.56 Å². The van der Waals surface area contributed by atoms with E-state index < -0.39 is 9.73 Å². The first-order chi connectivity index (χ1) is 6.38. The van der Waals surface area contributed by atoms with Gasteiger partial charge in [0.1, 0.15) is 0 Å². The van der Waals surface area contributed by atoms with Crippen LogP contribution in [-0.2, 0) is 16.3 Å². The summed E-state index contributed by atoms with van der Waals surface area (Å²) >= 11 is 3.39. The molecule has 0 heterocycles. The van der Waals surface area contributed by atoms with Crippen molar-refractivity contribution in [1.82, 2.24) is 0 Å². The molecular weight excluding hydrogens is 264 g/mol. The smallest absolute Gasteiger partial charge is 0.0746 e. The second kappa shape index (κ2) is 4.31. The van der Waals surface area contributed by atoms with Gasteiger partial charge in [0.25, 0.3) is 0 Å². The molecule has 0 aliphatic heterocycles. The van der Waals surface area contributed by atoms with Gasteiger partial charge in [-0.1, -0.05) is 15.9 Å². The summed E-state index contributed by atoms with van der Waals surface area (Å²) in [4.78, 5) is 0. The van der Waals surface area contributed by atoms with Crippen LogP contribution in [0.3, 0.4) is 0 Å². The van der Waals surface area contributed by atoms with E-state index in [4.69, 9.17) is 5.73 Å². The topological polar surface area (TPSA) is 55.5 Å². The molecule has 2 N–H and O–H groups in total. The average Bonchev–Trinajstić information content (AvgIpc) is 2.05. The Morgan fingerprint density at radius 3 is 2.71 bits per heavy atom. The monoisotopic (exact) mass is 276 g/mol. The summed E-state index contributed by atoms with van der Waals surface area (Å²) in [6.45, 7) is 0.428. The Balaban J connectivity index is 2.98. The van der Waals surface area contributed by atoms with Gasteiger partial charge in [-0.05, 0) is 23.8 Å². The first-order valence-electron chi connectivity index (χ1n) is 4.05. The lowest BCUT2D eigenvalue weighted by Gasteiger charge is -2.03. The third kappa shape index (κ3) is 3.67. The summed E-state index contributed by atoms with van der Waals surface area (Å²) in [6, 6.07) is 5.51. The van der Waals surface area contributed by atoms with Crippen molar-refractivity contribution >= 4 is 31.3 Å². The molecule has 0 aromatic heterocycles. The number of hydrogen-bond acceptors (Lipinski definition) is 3. The molecule has 0 fully saturated rings. The van der Waals surface area contributed by atoms with Crippen LogP contribution in [-0.4, -0.2) is 16.7 Å². The Bertz CT molecular complexity index is 442. The van der Waals surface area contributed by atoms with Crippen LogP contribution in [0.15, 0.2) is 27.0 Å². The highest BCUT2D eigenvalue weighted by Gasteiger charge is 2.00. The Kier molecular flexibility index (Phi) is 3.55. The van der Waals surface area contributed by atoms with Gasteiger partial charge in [-0.25, -0.2) is 4.36 Å². The molecule has 0 bridgehead atoms. The molecule has 14 heavy (non-hydrogen) atoms. The van der Waals surface area contributed by atoms with Crippen molar-refractivity contribution in [2.24, 2.45) is 4.36 Å². The highest BCUT2D eigenvalue weighted by molar-refractivity contribution is 9.10. The van der Waals surface area contributed by atoms with Gasteiger partial charge < -0.3 is 5.73 Å². The number of nitrogens with zero attached hydrogens (tertiary/aromatic N) is 1. The first kappa shape index (κ1) is 11.5. The summed E-state index contributed by atoms with van der Waals surface area (Å²) in [5, 5.41) is 0. The fourth-order valence-corrected chi connectivity index (χ4v) is 1.76. The fraction of sp³-hybridized carbons (Fsp3) is 0.333. The number of rotatable bonds is 2. The number of hydrogen-bond donors (Lipinski definition) is 1. The summed E-state index contributed by atoms with van der Waals surface area (Å²) in [6.07, 6.45) is 3.24. The van der Waals surface area contributed by atoms with Crippen LogP contribution in [0.4, 0.5) is 5.69 Å². The Labute approximate surface area is 93.0 Å². The minimum Gasteiger partial charge on any atom is -0.399 e. The van der Waals surface area contributed by atoms with Gasteiger partial charge >= 0.3 is 0 Å². The van der Waals surface area contributed by atoms with E-state index in [-0.39, 0.29) is 0 Å². The zero-order valence-electron chi connectivity index (χ0n) is 8.16. The van der Waals surface area contributed by atoms with Crippen molar-refractivity contribution in [2.75, 3.05) is 18.2 Å². The minimum absolute atomic E-state index is 0.428. The second-order valence-corrected chi connectivity index (χ2v) is 6.79. The zero-order valence-corrected chi connectivity index (χ0v) is 10.6. The van der Waals surface area contributed by atoms with E-state index in [9.17, 15) is 4.21 Å². The molecule has 0 radical (unpaired) electrons. The van der Waals surface area contributed by atoms with Gasteiger partial charge in [0, 0.05) is 32.4 Å². The number of nitrogens with two attached hydrogens (primary N) is 1. The zero-order chi connectivity index (χ0) is 10.8. The lowest BCUT2D eigenvalue weighted by atomic mass is 10.2. The van der Waals surface area contributed by atoms with E-state index >= 15 is 0 Å². The van der Waals surface area contributed by atoms with Gasteiger partial charge in [-0.15, -0.1) is 0 Å². The van der Waals surface area contributed by atoms with Gasteiger partial charge in [-0.2, -0.15) is 0 Å². The normalized spacial score (nSPS) is 11.4. The molecule has 3 nitrogen and oxygen atoms in total. The van der Waals surface area contributed by atoms with Crippen molar-refractivity contribution in [3.05, 3.63) is 28.2 Å². The summed E-state index contributed by atoms with van der Waals surface area (Å²) in [5.74, 6) is 0. The maximum absolute atomic E-state index is 11.3. The van der Waals surface area contributed by atoms with Crippen molar-refractivity contribution in [1.29, 1.82) is 0 Å². The van der Waals surface area contributed by atoms with E-state index in [1.54, 1.807) is 12.5 Å². The molecule has 0 unspecified atom stereocenters. The summed E-state index contributed by atoms with van der Waals surface area (Å²) < 4.78 is 16.4. The predicted octanol–water partition coefficient (Wildman–Crippen LogP) is 2.26. The molecule has 1 aromatic rings. The predicted molar refractivity (Wildman–Crippen MR) is 64.7 cm³/mol. The lowest BCUT2D eigenvalue weighted by Crippen LogP contribution is -1.94. The highest BCUT2D eigenvalue weighted by Crippen LogP contribution is 2.20. The quantitative estimate of drug-likeness (QED) is 0.843. The van der Waals surface area contributed by atoms with Crippen molar-refractivity contribution in [3.8, 4) is 0 Å². The van der Waals surface area contributed by atoms with Crippen molar-refractivity contribution < 1.29 is 4.21 Å². The Morgan fingerprint density at radius 1 is 1.50 bits per heavy atom. The molecular formula is C9H13BrN2OS. The standard InChI is InChI=1S/C9H13BrN2OS/c1-14(2,13)12-6-7-5-8(11)3-4-9(7)10/h3-5H,6,11H2,1-2H3. The van der Waals surface area contributed by atoms with E-state index in [1.165, 1.54) is 0 Å². The molecule has 78 valence electrons. The molecule has 0 spiro atoms. The Hall–Kier alpha value is -0.550. The molecule has 1 rings (SSSR count). The van der Waals surface area contributed by atoms with Crippen LogP contribution in [0.2, 0.25) is 0 Å². The van der Waals surface area contributed by atoms with E-state index in [2.05, 4.69) is 20.3 Å². The molecule has 0 aliphatic carbocycles. The molecule has 0 saturated carbocycles. The minimum atomic E-state index is -2.04. The van der Waals surface area contributed by atoms with Gasteiger partial charge in [0.05, 0.1) is 6.54 Å². The van der Waals surface area contributed by atoms with Crippen LogP contribution >= 0.6 is 15.9 Å². The van der Waals surface area contributed by atoms with E-state index in [1.807, 2.05) is 18.2 Å².